The van der Waals surface area contributed by atoms with Gasteiger partial charge in [-0.3, -0.25) is 4.79 Å². The fraction of sp³-hybridized carbons (Fsp3) is 0.775. The minimum atomic E-state index is -0.858. The maximum absolute atomic E-state index is 12.3. The first kappa shape index (κ1) is 42.3. The number of carbonyl (C=O) groups excluding carboxylic acids is 1. The fourth-order valence-electron chi connectivity index (χ4n) is 5.35. The summed E-state index contributed by atoms with van der Waals surface area (Å²) >= 11 is 0. The van der Waals surface area contributed by atoms with Crippen LogP contribution in [0.15, 0.2) is 48.6 Å². The topological polar surface area (TPSA) is 69.6 Å². The first-order chi connectivity index (χ1) is 21.7. The Morgan fingerprint density at radius 2 is 1.00 bits per heavy atom. The van der Waals surface area contributed by atoms with Crippen LogP contribution in [0.25, 0.3) is 0 Å². The van der Waals surface area contributed by atoms with Gasteiger partial charge in [-0.25, -0.2) is 0 Å². The van der Waals surface area contributed by atoms with Crippen LogP contribution in [-0.2, 0) is 4.79 Å². The lowest BCUT2D eigenvalue weighted by atomic mass is 10.0. The molecule has 0 aliphatic heterocycles. The van der Waals surface area contributed by atoms with Gasteiger partial charge in [0.1, 0.15) is 0 Å². The predicted octanol–water partition coefficient (Wildman–Crippen LogP) is 11.2. The van der Waals surface area contributed by atoms with Gasteiger partial charge in [0, 0.05) is 6.42 Å². The number of hydrogen-bond donors (Lipinski definition) is 3. The van der Waals surface area contributed by atoms with Gasteiger partial charge in [-0.15, -0.1) is 0 Å². The SMILES string of the molecule is CCC/C=C/CC/C=C/C(O)C(CO)NC(=O)CCCCCCCCCCCCCCC/C=C\C/C=C\CCCCCCC. The van der Waals surface area contributed by atoms with Gasteiger partial charge in [-0.1, -0.05) is 165 Å². The molecule has 0 fully saturated rings. The van der Waals surface area contributed by atoms with Gasteiger partial charge in [-0.2, -0.15) is 0 Å². The number of rotatable bonds is 33. The summed E-state index contributed by atoms with van der Waals surface area (Å²) in [6.45, 7) is 4.17. The second-order valence-electron chi connectivity index (χ2n) is 12.6. The van der Waals surface area contributed by atoms with Crippen molar-refractivity contribution < 1.29 is 15.0 Å². The summed E-state index contributed by atoms with van der Waals surface area (Å²) in [5.74, 6) is -0.0815. The molecule has 4 nitrogen and oxygen atoms in total. The zero-order valence-electron chi connectivity index (χ0n) is 29.2. The molecule has 2 atom stereocenters. The molecular weight excluding hydrogens is 542 g/mol. The largest absolute Gasteiger partial charge is 0.394 e. The highest BCUT2D eigenvalue weighted by molar-refractivity contribution is 5.76. The van der Waals surface area contributed by atoms with Crippen LogP contribution in [0.3, 0.4) is 0 Å². The van der Waals surface area contributed by atoms with E-state index < -0.39 is 12.1 Å². The van der Waals surface area contributed by atoms with Gasteiger partial charge in [0.25, 0.3) is 0 Å². The summed E-state index contributed by atoms with van der Waals surface area (Å²) in [6.07, 6.45) is 48.0. The van der Waals surface area contributed by atoms with E-state index in [-0.39, 0.29) is 12.5 Å². The zero-order valence-corrected chi connectivity index (χ0v) is 29.2. The maximum atomic E-state index is 12.3. The molecule has 0 aliphatic carbocycles. The Balaban J connectivity index is 3.50. The standard InChI is InChI=1S/C40H73NO3/c1-3-5-7-9-11-12-13-14-15-16-17-18-19-20-21-22-23-24-25-26-27-28-30-32-34-36-40(44)41-38(37-42)39(43)35-33-31-29-10-8-6-4-2/h8,10,13-14,16-17,33,35,38-39,42-43H,3-7,9,11-12,15,18-32,34,36-37H2,1-2H3,(H,41,44)/b10-8+,14-13-,17-16-,35-33+. The summed E-state index contributed by atoms with van der Waals surface area (Å²) in [5.41, 5.74) is 0. The van der Waals surface area contributed by atoms with Crippen molar-refractivity contribution in [1.29, 1.82) is 0 Å². The highest BCUT2D eigenvalue weighted by Crippen LogP contribution is 2.14. The number of amides is 1. The van der Waals surface area contributed by atoms with Crippen molar-refractivity contribution in [3.63, 3.8) is 0 Å². The van der Waals surface area contributed by atoms with E-state index in [1.165, 1.54) is 116 Å². The van der Waals surface area contributed by atoms with Gasteiger partial charge in [0.2, 0.25) is 5.91 Å². The van der Waals surface area contributed by atoms with Gasteiger partial charge in [-0.05, 0) is 57.8 Å². The molecule has 1 amide bonds. The number of carbonyl (C=O) groups is 1. The third-order valence-corrected chi connectivity index (χ3v) is 8.27. The van der Waals surface area contributed by atoms with Gasteiger partial charge < -0.3 is 15.5 Å². The molecule has 4 heteroatoms. The Morgan fingerprint density at radius 1 is 0.545 bits per heavy atom. The predicted molar refractivity (Wildman–Crippen MR) is 193 cm³/mol. The van der Waals surface area contributed by atoms with E-state index in [1.807, 2.05) is 6.08 Å². The monoisotopic (exact) mass is 616 g/mol. The Morgan fingerprint density at radius 3 is 1.52 bits per heavy atom. The molecule has 3 N–H and O–H groups in total. The third kappa shape index (κ3) is 31.8. The van der Waals surface area contributed by atoms with Crippen LogP contribution in [0.2, 0.25) is 0 Å². The smallest absolute Gasteiger partial charge is 0.220 e. The van der Waals surface area contributed by atoms with Crippen molar-refractivity contribution in [2.45, 2.75) is 193 Å². The summed E-state index contributed by atoms with van der Waals surface area (Å²) < 4.78 is 0. The number of aliphatic hydroxyl groups excluding tert-OH is 2. The van der Waals surface area contributed by atoms with Crippen LogP contribution in [-0.4, -0.2) is 34.9 Å². The summed E-state index contributed by atoms with van der Waals surface area (Å²) in [7, 11) is 0. The van der Waals surface area contributed by atoms with Crippen molar-refractivity contribution in [3.05, 3.63) is 48.6 Å². The lowest BCUT2D eigenvalue weighted by Crippen LogP contribution is -2.45. The molecule has 2 unspecified atom stereocenters. The number of nitrogens with one attached hydrogen (secondary N) is 1. The number of aliphatic hydroxyl groups is 2. The van der Waals surface area contributed by atoms with Crippen LogP contribution >= 0.6 is 0 Å². The third-order valence-electron chi connectivity index (χ3n) is 8.27. The van der Waals surface area contributed by atoms with Crippen molar-refractivity contribution in [2.75, 3.05) is 6.61 Å². The van der Waals surface area contributed by atoms with Crippen LogP contribution in [0.4, 0.5) is 0 Å². The molecule has 0 bridgehead atoms. The van der Waals surface area contributed by atoms with Crippen molar-refractivity contribution in [1.82, 2.24) is 5.32 Å². The molecule has 0 radical (unpaired) electrons. The fourth-order valence-corrected chi connectivity index (χ4v) is 5.35. The van der Waals surface area contributed by atoms with Gasteiger partial charge in [0.15, 0.2) is 0 Å². The summed E-state index contributed by atoms with van der Waals surface area (Å²) in [4.78, 5) is 12.3. The minimum absolute atomic E-state index is 0.0815. The Labute approximate surface area is 274 Å². The molecule has 0 rings (SSSR count). The normalized spacial score (nSPS) is 13.6. The molecule has 44 heavy (non-hydrogen) atoms. The van der Waals surface area contributed by atoms with Crippen LogP contribution in [0.5, 0.6) is 0 Å². The van der Waals surface area contributed by atoms with Crippen molar-refractivity contribution in [3.8, 4) is 0 Å². The highest BCUT2D eigenvalue weighted by atomic mass is 16.3. The van der Waals surface area contributed by atoms with Crippen LogP contribution < -0.4 is 5.32 Å². The lowest BCUT2D eigenvalue weighted by Gasteiger charge is -2.19. The zero-order chi connectivity index (χ0) is 32.2. The lowest BCUT2D eigenvalue weighted by molar-refractivity contribution is -0.123. The molecule has 0 saturated carbocycles. The van der Waals surface area contributed by atoms with Crippen LogP contribution in [0, 0.1) is 0 Å². The van der Waals surface area contributed by atoms with E-state index in [1.54, 1.807) is 6.08 Å². The first-order valence-electron chi connectivity index (χ1n) is 18.9. The second kappa shape index (κ2) is 35.8. The van der Waals surface area contributed by atoms with Gasteiger partial charge in [0.05, 0.1) is 18.8 Å². The molecule has 256 valence electrons. The van der Waals surface area contributed by atoms with Crippen molar-refractivity contribution >= 4 is 5.91 Å². The first-order valence-corrected chi connectivity index (χ1v) is 18.9. The molecular formula is C40H73NO3. The second-order valence-corrected chi connectivity index (χ2v) is 12.6. The van der Waals surface area contributed by atoms with Crippen molar-refractivity contribution in [2.24, 2.45) is 0 Å². The number of hydrogen-bond acceptors (Lipinski definition) is 3. The summed E-state index contributed by atoms with van der Waals surface area (Å²) in [6, 6.07) is -0.636. The Hall–Kier alpha value is -1.65. The number of unbranched alkanes of at least 4 members (excludes halogenated alkanes) is 20. The molecule has 0 aromatic rings. The molecule has 0 aliphatic rings. The maximum Gasteiger partial charge on any atom is 0.220 e. The van der Waals surface area contributed by atoms with E-state index in [9.17, 15) is 15.0 Å². The van der Waals surface area contributed by atoms with E-state index in [0.29, 0.717) is 6.42 Å². The van der Waals surface area contributed by atoms with E-state index in [0.717, 1.165) is 44.9 Å². The molecule has 0 saturated heterocycles. The molecule has 0 spiro atoms. The Bertz CT molecular complexity index is 711. The number of allylic oxidation sites excluding steroid dienone is 7. The van der Waals surface area contributed by atoms with Gasteiger partial charge >= 0.3 is 0 Å². The average Bonchev–Trinajstić information content (AvgIpc) is 3.03. The quantitative estimate of drug-likeness (QED) is 0.0508. The van der Waals surface area contributed by atoms with E-state index in [2.05, 4.69) is 55.6 Å². The summed E-state index contributed by atoms with van der Waals surface area (Å²) in [5, 5.41) is 22.7. The van der Waals surface area contributed by atoms with Crippen LogP contribution in [0.1, 0.15) is 181 Å². The molecule has 0 aromatic heterocycles. The Kier molecular flexibility index (Phi) is 34.5. The minimum Gasteiger partial charge on any atom is -0.394 e. The molecule has 0 heterocycles. The average molecular weight is 616 g/mol. The molecule has 0 aromatic carbocycles. The van der Waals surface area contributed by atoms with E-state index >= 15 is 0 Å². The van der Waals surface area contributed by atoms with E-state index in [4.69, 9.17) is 0 Å². The highest BCUT2D eigenvalue weighted by Gasteiger charge is 2.17.